The van der Waals surface area contributed by atoms with Crippen molar-refractivity contribution in [3.63, 3.8) is 0 Å². The summed E-state index contributed by atoms with van der Waals surface area (Å²) in [7, 11) is 0. The van der Waals surface area contributed by atoms with E-state index in [0.717, 1.165) is 64.6 Å². The van der Waals surface area contributed by atoms with Crippen molar-refractivity contribution in [2.75, 3.05) is 26.2 Å². The summed E-state index contributed by atoms with van der Waals surface area (Å²) in [6, 6.07) is 8.85. The zero-order valence-corrected chi connectivity index (χ0v) is 17.1. The van der Waals surface area contributed by atoms with Crippen LogP contribution in [0.2, 0.25) is 0 Å². The van der Waals surface area contributed by atoms with E-state index in [1.165, 1.54) is 11.1 Å². The molecule has 0 bridgehead atoms. The van der Waals surface area contributed by atoms with Crippen molar-refractivity contribution in [1.82, 2.24) is 4.90 Å². The van der Waals surface area contributed by atoms with Gasteiger partial charge in [0.05, 0.1) is 11.5 Å². The molecule has 0 spiro atoms. The van der Waals surface area contributed by atoms with E-state index >= 15 is 0 Å². The van der Waals surface area contributed by atoms with Crippen molar-refractivity contribution in [2.24, 2.45) is 5.73 Å². The van der Waals surface area contributed by atoms with E-state index in [-0.39, 0.29) is 11.5 Å². The minimum absolute atomic E-state index is 0.283. The first-order chi connectivity index (χ1) is 13.1. The van der Waals surface area contributed by atoms with E-state index < -0.39 is 0 Å². The van der Waals surface area contributed by atoms with Gasteiger partial charge in [0.1, 0.15) is 0 Å². The molecule has 4 heteroatoms. The standard InChI is InChI=1S/C23H36N2O2/c1-18(2)19-6-8-20(9-7-19)23(12-3-4-13-23)22(26)25-15-10-21(11-16-25)27-17-5-14-24/h6-9,18,21H,3-5,10-17,24H2,1-2H3. The number of carbonyl (C=O) groups excluding carboxylic acids is 1. The first-order valence-corrected chi connectivity index (χ1v) is 10.8. The Balaban J connectivity index is 1.67. The quantitative estimate of drug-likeness (QED) is 0.737. The second kappa shape index (κ2) is 9.20. The van der Waals surface area contributed by atoms with Gasteiger partial charge in [0.15, 0.2) is 0 Å². The number of piperidine rings is 1. The largest absolute Gasteiger partial charge is 0.378 e. The van der Waals surface area contributed by atoms with Crippen LogP contribution in [0.5, 0.6) is 0 Å². The van der Waals surface area contributed by atoms with Gasteiger partial charge in [-0.15, -0.1) is 0 Å². The fourth-order valence-electron chi connectivity index (χ4n) is 4.65. The lowest BCUT2D eigenvalue weighted by atomic mass is 9.76. The summed E-state index contributed by atoms with van der Waals surface area (Å²) in [5.74, 6) is 0.866. The highest BCUT2D eigenvalue weighted by Gasteiger charge is 2.45. The second-order valence-corrected chi connectivity index (χ2v) is 8.57. The Morgan fingerprint density at radius 2 is 1.81 bits per heavy atom. The van der Waals surface area contributed by atoms with Crippen molar-refractivity contribution in [1.29, 1.82) is 0 Å². The van der Waals surface area contributed by atoms with Gasteiger partial charge >= 0.3 is 0 Å². The molecule has 150 valence electrons. The van der Waals surface area contributed by atoms with Gasteiger partial charge in [-0.3, -0.25) is 4.79 Å². The Morgan fingerprint density at radius 3 is 2.37 bits per heavy atom. The number of amides is 1. The number of hydrogen-bond acceptors (Lipinski definition) is 3. The summed E-state index contributed by atoms with van der Waals surface area (Å²) in [5.41, 5.74) is 7.80. The maximum Gasteiger partial charge on any atom is 0.233 e. The minimum atomic E-state index is -0.303. The minimum Gasteiger partial charge on any atom is -0.378 e. The zero-order valence-electron chi connectivity index (χ0n) is 17.1. The van der Waals surface area contributed by atoms with Crippen LogP contribution in [-0.4, -0.2) is 43.2 Å². The molecule has 1 aromatic rings. The maximum absolute atomic E-state index is 13.6. The molecule has 2 N–H and O–H groups in total. The molecule has 27 heavy (non-hydrogen) atoms. The Hall–Kier alpha value is -1.39. The number of nitrogens with zero attached hydrogens (tertiary/aromatic N) is 1. The van der Waals surface area contributed by atoms with E-state index in [4.69, 9.17) is 10.5 Å². The van der Waals surface area contributed by atoms with Crippen LogP contribution in [0.3, 0.4) is 0 Å². The molecule has 0 radical (unpaired) electrons. The van der Waals surface area contributed by atoms with E-state index in [2.05, 4.69) is 43.0 Å². The topological polar surface area (TPSA) is 55.6 Å². The van der Waals surface area contributed by atoms with Gasteiger partial charge in [0, 0.05) is 19.7 Å². The van der Waals surface area contributed by atoms with Crippen LogP contribution in [-0.2, 0) is 14.9 Å². The lowest BCUT2D eigenvalue weighted by Crippen LogP contribution is -2.49. The Morgan fingerprint density at radius 1 is 1.19 bits per heavy atom. The molecule has 1 aliphatic carbocycles. The highest BCUT2D eigenvalue weighted by atomic mass is 16.5. The lowest BCUT2D eigenvalue weighted by molar-refractivity contribution is -0.140. The van der Waals surface area contributed by atoms with Crippen LogP contribution in [0.4, 0.5) is 0 Å². The van der Waals surface area contributed by atoms with Crippen molar-refractivity contribution < 1.29 is 9.53 Å². The van der Waals surface area contributed by atoms with Gasteiger partial charge in [-0.1, -0.05) is 51.0 Å². The number of benzene rings is 1. The average Bonchev–Trinajstić information content (AvgIpc) is 3.19. The van der Waals surface area contributed by atoms with Gasteiger partial charge in [0.25, 0.3) is 0 Å². The second-order valence-electron chi connectivity index (χ2n) is 8.57. The van der Waals surface area contributed by atoms with Crippen LogP contribution in [0, 0.1) is 0 Å². The molecule has 3 rings (SSSR count). The summed E-state index contributed by atoms with van der Waals surface area (Å²) in [4.78, 5) is 15.7. The highest BCUT2D eigenvalue weighted by Crippen LogP contribution is 2.43. The van der Waals surface area contributed by atoms with Crippen LogP contribution in [0.1, 0.15) is 75.8 Å². The predicted octanol–water partition coefficient (Wildman–Crippen LogP) is 3.98. The van der Waals surface area contributed by atoms with Gasteiger partial charge in [-0.25, -0.2) is 0 Å². The normalized spacial score (nSPS) is 20.4. The summed E-state index contributed by atoms with van der Waals surface area (Å²) >= 11 is 0. The zero-order chi connectivity index (χ0) is 19.3. The Labute approximate surface area is 164 Å². The lowest BCUT2D eigenvalue weighted by Gasteiger charge is -2.39. The van der Waals surface area contributed by atoms with Crippen molar-refractivity contribution in [3.8, 4) is 0 Å². The number of nitrogens with two attached hydrogens (primary N) is 1. The van der Waals surface area contributed by atoms with E-state index in [9.17, 15) is 4.79 Å². The predicted molar refractivity (Wildman–Crippen MR) is 110 cm³/mol. The van der Waals surface area contributed by atoms with Crippen LogP contribution < -0.4 is 5.73 Å². The number of ether oxygens (including phenoxy) is 1. The van der Waals surface area contributed by atoms with Gasteiger partial charge in [0.2, 0.25) is 5.91 Å². The summed E-state index contributed by atoms with van der Waals surface area (Å²) in [6.45, 7) is 7.48. The van der Waals surface area contributed by atoms with Crippen molar-refractivity contribution >= 4 is 5.91 Å². The van der Waals surface area contributed by atoms with Crippen LogP contribution >= 0.6 is 0 Å². The number of hydrogen-bond donors (Lipinski definition) is 1. The molecule has 2 fully saturated rings. The summed E-state index contributed by atoms with van der Waals surface area (Å²) in [6.07, 6.45) is 7.35. The third-order valence-corrected chi connectivity index (χ3v) is 6.43. The maximum atomic E-state index is 13.6. The molecule has 4 nitrogen and oxygen atoms in total. The van der Waals surface area contributed by atoms with Gasteiger partial charge < -0.3 is 15.4 Å². The molecule has 1 aromatic carbocycles. The fraction of sp³-hybridized carbons (Fsp3) is 0.696. The van der Waals surface area contributed by atoms with E-state index in [0.29, 0.717) is 18.4 Å². The first kappa shape index (κ1) is 20.3. The molecule has 0 atom stereocenters. The fourth-order valence-corrected chi connectivity index (χ4v) is 4.65. The Kier molecular flexibility index (Phi) is 6.93. The molecular weight excluding hydrogens is 336 g/mol. The van der Waals surface area contributed by atoms with Crippen LogP contribution in [0.15, 0.2) is 24.3 Å². The third-order valence-electron chi connectivity index (χ3n) is 6.43. The van der Waals surface area contributed by atoms with Crippen LogP contribution in [0.25, 0.3) is 0 Å². The van der Waals surface area contributed by atoms with Gasteiger partial charge in [-0.05, 0) is 55.7 Å². The third kappa shape index (κ3) is 4.55. The average molecular weight is 373 g/mol. The molecule has 1 amide bonds. The van der Waals surface area contributed by atoms with Crippen molar-refractivity contribution in [2.45, 2.75) is 76.2 Å². The number of likely N-dealkylation sites (tertiary alicyclic amines) is 1. The molecule has 1 saturated carbocycles. The molecule has 0 aromatic heterocycles. The van der Waals surface area contributed by atoms with E-state index in [1.807, 2.05) is 0 Å². The van der Waals surface area contributed by atoms with Gasteiger partial charge in [-0.2, -0.15) is 0 Å². The smallest absolute Gasteiger partial charge is 0.233 e. The summed E-state index contributed by atoms with van der Waals surface area (Å²) in [5, 5.41) is 0. The SMILES string of the molecule is CC(C)c1ccc(C2(C(=O)N3CCC(OCCCN)CC3)CCCC2)cc1. The molecular formula is C23H36N2O2. The molecule has 1 saturated heterocycles. The van der Waals surface area contributed by atoms with E-state index in [1.54, 1.807) is 0 Å². The highest BCUT2D eigenvalue weighted by molar-refractivity contribution is 5.88. The Bertz CT molecular complexity index is 597. The first-order valence-electron chi connectivity index (χ1n) is 10.8. The monoisotopic (exact) mass is 372 g/mol. The summed E-state index contributed by atoms with van der Waals surface area (Å²) < 4.78 is 5.90. The molecule has 1 heterocycles. The number of carbonyl (C=O) groups is 1. The molecule has 0 unspecified atom stereocenters. The molecule has 2 aliphatic rings. The van der Waals surface area contributed by atoms with Crippen molar-refractivity contribution in [3.05, 3.63) is 35.4 Å². The number of rotatable bonds is 7. The molecule has 1 aliphatic heterocycles.